The number of fused-ring (bicyclic) bond motifs is 7. The highest BCUT2D eigenvalue weighted by Crippen LogP contribution is 2.47. The van der Waals surface area contributed by atoms with Crippen LogP contribution < -0.4 is 19.5 Å². The fourth-order valence-corrected chi connectivity index (χ4v) is 5.50. The van der Waals surface area contributed by atoms with E-state index >= 15 is 0 Å². The van der Waals surface area contributed by atoms with Gasteiger partial charge in [-0.3, -0.25) is 9.69 Å². The second-order valence-corrected chi connectivity index (χ2v) is 8.41. The second-order valence-electron chi connectivity index (χ2n) is 8.41. The van der Waals surface area contributed by atoms with Gasteiger partial charge in [0, 0.05) is 19.5 Å². The van der Waals surface area contributed by atoms with Crippen LogP contribution in [0.5, 0.6) is 17.2 Å². The molecule has 31 heavy (non-hydrogen) atoms. The SMILES string of the molecule is COc1ccc2c3c(c4cc(OC)c(OC)cc4c2c1)[C@@H](NC(C)=O)[C@H]1CCCN1C3. The molecule has 0 aromatic heterocycles. The molecule has 0 saturated carbocycles. The van der Waals surface area contributed by atoms with E-state index in [1.807, 2.05) is 12.1 Å². The number of methoxy groups -OCH3 is 3. The first-order valence-corrected chi connectivity index (χ1v) is 10.7. The average Bonchev–Trinajstić information content (AvgIpc) is 3.26. The van der Waals surface area contributed by atoms with Crippen molar-refractivity contribution < 1.29 is 19.0 Å². The van der Waals surface area contributed by atoms with Gasteiger partial charge in [0.15, 0.2) is 11.5 Å². The lowest BCUT2D eigenvalue weighted by atomic mass is 9.82. The van der Waals surface area contributed by atoms with Crippen molar-refractivity contribution in [3.05, 3.63) is 41.5 Å². The summed E-state index contributed by atoms with van der Waals surface area (Å²) in [5.41, 5.74) is 2.47. The molecule has 2 heterocycles. The lowest BCUT2D eigenvalue weighted by molar-refractivity contribution is -0.120. The Bertz CT molecular complexity index is 1190. The summed E-state index contributed by atoms with van der Waals surface area (Å²) in [4.78, 5) is 14.7. The van der Waals surface area contributed by atoms with Crippen molar-refractivity contribution in [2.24, 2.45) is 0 Å². The molecule has 2 aliphatic rings. The zero-order chi connectivity index (χ0) is 21.7. The first-order chi connectivity index (χ1) is 15.0. The summed E-state index contributed by atoms with van der Waals surface area (Å²) >= 11 is 0. The van der Waals surface area contributed by atoms with Crippen molar-refractivity contribution in [3.63, 3.8) is 0 Å². The predicted molar refractivity (Wildman–Crippen MR) is 121 cm³/mol. The van der Waals surface area contributed by atoms with Gasteiger partial charge in [0.05, 0.1) is 27.4 Å². The largest absolute Gasteiger partial charge is 0.497 e. The first kappa shape index (κ1) is 19.9. The molecule has 6 heteroatoms. The highest BCUT2D eigenvalue weighted by molar-refractivity contribution is 6.12. The lowest BCUT2D eigenvalue weighted by Crippen LogP contribution is -2.46. The first-order valence-electron chi connectivity index (χ1n) is 10.7. The molecule has 2 atom stereocenters. The van der Waals surface area contributed by atoms with Crippen molar-refractivity contribution in [1.82, 2.24) is 10.2 Å². The van der Waals surface area contributed by atoms with Gasteiger partial charge < -0.3 is 19.5 Å². The van der Waals surface area contributed by atoms with Gasteiger partial charge in [0.1, 0.15) is 5.75 Å². The molecule has 0 bridgehead atoms. The topological polar surface area (TPSA) is 60.0 Å². The summed E-state index contributed by atoms with van der Waals surface area (Å²) in [5, 5.41) is 7.76. The quantitative estimate of drug-likeness (QED) is 0.642. The molecule has 3 aromatic carbocycles. The van der Waals surface area contributed by atoms with E-state index in [1.54, 1.807) is 28.3 Å². The van der Waals surface area contributed by atoms with E-state index in [1.165, 1.54) is 16.5 Å². The van der Waals surface area contributed by atoms with Gasteiger partial charge in [-0.05, 0) is 76.3 Å². The number of hydrogen-bond donors (Lipinski definition) is 1. The van der Waals surface area contributed by atoms with Crippen molar-refractivity contribution in [2.75, 3.05) is 27.9 Å². The van der Waals surface area contributed by atoms with Gasteiger partial charge in [-0.1, -0.05) is 6.07 Å². The Balaban J connectivity index is 1.91. The molecule has 1 amide bonds. The number of hydrogen-bond acceptors (Lipinski definition) is 5. The van der Waals surface area contributed by atoms with Crippen LogP contribution in [0.4, 0.5) is 0 Å². The zero-order valence-corrected chi connectivity index (χ0v) is 18.5. The molecule has 0 spiro atoms. The summed E-state index contributed by atoms with van der Waals surface area (Å²) < 4.78 is 16.8. The number of amides is 1. The number of ether oxygens (including phenoxy) is 3. The van der Waals surface area contributed by atoms with E-state index in [2.05, 4.69) is 28.4 Å². The Labute approximate surface area is 182 Å². The van der Waals surface area contributed by atoms with Crippen molar-refractivity contribution in [3.8, 4) is 17.2 Å². The number of benzene rings is 3. The maximum atomic E-state index is 12.2. The molecule has 2 aliphatic heterocycles. The van der Waals surface area contributed by atoms with Gasteiger partial charge in [-0.2, -0.15) is 0 Å². The highest BCUT2D eigenvalue weighted by atomic mass is 16.5. The maximum absolute atomic E-state index is 12.2. The standard InChI is InChI=1S/C25H28N2O4/c1-14(28)26-25-21-6-5-9-27(21)13-20-16-8-7-15(29-2)10-17(16)18-11-22(30-3)23(31-4)12-19(18)24(20)25/h7-8,10-12,21,25H,5-6,9,13H2,1-4H3,(H,26,28)/t21-,25+/m1/s1. The Kier molecular flexibility index (Phi) is 4.89. The minimum atomic E-state index is -0.0594. The number of nitrogens with one attached hydrogen (secondary N) is 1. The van der Waals surface area contributed by atoms with Gasteiger partial charge in [0.25, 0.3) is 0 Å². The van der Waals surface area contributed by atoms with E-state index in [0.717, 1.165) is 47.8 Å². The average molecular weight is 421 g/mol. The van der Waals surface area contributed by atoms with Crippen LogP contribution in [-0.4, -0.2) is 44.7 Å². The Morgan fingerprint density at radius 1 is 0.968 bits per heavy atom. The smallest absolute Gasteiger partial charge is 0.217 e. The summed E-state index contributed by atoms with van der Waals surface area (Å²) in [6, 6.07) is 10.6. The van der Waals surface area contributed by atoms with Gasteiger partial charge in [0.2, 0.25) is 5.91 Å². The van der Waals surface area contributed by atoms with E-state index in [0.29, 0.717) is 17.5 Å². The predicted octanol–water partition coefficient (Wildman–Crippen LogP) is 4.17. The molecule has 1 N–H and O–H groups in total. The van der Waals surface area contributed by atoms with Crippen LogP contribution in [0.3, 0.4) is 0 Å². The van der Waals surface area contributed by atoms with Crippen molar-refractivity contribution in [1.29, 1.82) is 0 Å². The van der Waals surface area contributed by atoms with Crippen LogP contribution in [0.25, 0.3) is 21.5 Å². The van der Waals surface area contributed by atoms with Gasteiger partial charge in [-0.15, -0.1) is 0 Å². The Hall–Kier alpha value is -2.99. The van der Waals surface area contributed by atoms with Crippen LogP contribution in [-0.2, 0) is 11.3 Å². The molecule has 0 aliphatic carbocycles. The van der Waals surface area contributed by atoms with Crippen LogP contribution >= 0.6 is 0 Å². The number of carbonyl (C=O) groups excluding carboxylic acids is 1. The van der Waals surface area contributed by atoms with Gasteiger partial charge >= 0.3 is 0 Å². The van der Waals surface area contributed by atoms with Crippen LogP contribution in [0.1, 0.15) is 36.9 Å². The normalized spacial score (nSPS) is 20.4. The second kappa shape index (κ2) is 7.61. The Morgan fingerprint density at radius 2 is 1.68 bits per heavy atom. The summed E-state index contributed by atoms with van der Waals surface area (Å²) in [7, 11) is 5.00. The minimum absolute atomic E-state index is 0.00634. The zero-order valence-electron chi connectivity index (χ0n) is 18.5. The summed E-state index contributed by atoms with van der Waals surface area (Å²) in [6.07, 6.45) is 2.23. The van der Waals surface area contributed by atoms with E-state index in [9.17, 15) is 4.79 Å². The molecule has 1 saturated heterocycles. The summed E-state index contributed by atoms with van der Waals surface area (Å²) in [6.45, 7) is 3.54. The monoisotopic (exact) mass is 420 g/mol. The van der Waals surface area contributed by atoms with Crippen LogP contribution in [0, 0.1) is 0 Å². The van der Waals surface area contributed by atoms with Gasteiger partial charge in [-0.25, -0.2) is 0 Å². The lowest BCUT2D eigenvalue weighted by Gasteiger charge is -2.40. The molecule has 162 valence electrons. The number of carbonyl (C=O) groups is 1. The third kappa shape index (κ3) is 3.08. The van der Waals surface area contributed by atoms with E-state index in [4.69, 9.17) is 14.2 Å². The molecular weight excluding hydrogens is 392 g/mol. The molecule has 3 aromatic rings. The Morgan fingerprint density at radius 3 is 2.35 bits per heavy atom. The summed E-state index contributed by atoms with van der Waals surface area (Å²) in [5.74, 6) is 2.19. The van der Waals surface area contributed by atoms with Crippen molar-refractivity contribution >= 4 is 27.5 Å². The molecule has 6 nitrogen and oxygen atoms in total. The fraction of sp³-hybridized carbons (Fsp3) is 0.400. The van der Waals surface area contributed by atoms with Crippen molar-refractivity contribution in [2.45, 2.75) is 38.4 Å². The molecule has 0 unspecified atom stereocenters. The molecule has 0 radical (unpaired) electrons. The molecular formula is C25H28N2O4. The van der Waals surface area contributed by atoms with E-state index in [-0.39, 0.29) is 11.9 Å². The molecule has 1 fully saturated rings. The van der Waals surface area contributed by atoms with Crippen LogP contribution in [0.15, 0.2) is 30.3 Å². The number of rotatable bonds is 4. The third-order valence-corrected chi connectivity index (χ3v) is 6.81. The van der Waals surface area contributed by atoms with Crippen LogP contribution in [0.2, 0.25) is 0 Å². The maximum Gasteiger partial charge on any atom is 0.217 e. The van der Waals surface area contributed by atoms with E-state index < -0.39 is 0 Å². The highest BCUT2D eigenvalue weighted by Gasteiger charge is 2.40. The fourth-order valence-electron chi connectivity index (χ4n) is 5.50. The number of nitrogens with zero attached hydrogens (tertiary/aromatic N) is 1. The third-order valence-electron chi connectivity index (χ3n) is 6.81. The minimum Gasteiger partial charge on any atom is -0.497 e. The molecule has 5 rings (SSSR count).